The van der Waals surface area contributed by atoms with Crippen molar-refractivity contribution in [2.45, 2.75) is 103 Å². The van der Waals surface area contributed by atoms with E-state index in [2.05, 4.69) is 79.7 Å². The molecule has 0 aromatic heterocycles. The van der Waals surface area contributed by atoms with Gasteiger partial charge in [0.05, 0.1) is 0 Å². The van der Waals surface area contributed by atoms with E-state index in [0.29, 0.717) is 0 Å². The molecular formula is C29H36O. The van der Waals surface area contributed by atoms with Crippen molar-refractivity contribution >= 4 is 5.78 Å². The van der Waals surface area contributed by atoms with Crippen molar-refractivity contribution in [3.8, 4) is 11.1 Å². The van der Waals surface area contributed by atoms with E-state index in [0.717, 1.165) is 11.1 Å². The van der Waals surface area contributed by atoms with Crippen molar-refractivity contribution in [1.82, 2.24) is 0 Å². The first-order valence-electron chi connectivity index (χ1n) is 11.7. The Morgan fingerprint density at radius 1 is 0.467 bits per heavy atom. The average molecular weight is 401 g/mol. The summed E-state index contributed by atoms with van der Waals surface area (Å²) < 4.78 is 0. The maximum atomic E-state index is 13.6. The molecule has 0 saturated heterocycles. The number of rotatable bonds is 0. The van der Waals surface area contributed by atoms with Crippen LogP contribution in [0.25, 0.3) is 11.1 Å². The second-order valence-electron chi connectivity index (χ2n) is 12.8. The summed E-state index contributed by atoms with van der Waals surface area (Å²) >= 11 is 0. The van der Waals surface area contributed by atoms with Gasteiger partial charge < -0.3 is 0 Å². The molecule has 3 aliphatic carbocycles. The Hall–Kier alpha value is -1.89. The summed E-state index contributed by atoms with van der Waals surface area (Å²) in [6, 6.07) is 9.26. The van der Waals surface area contributed by atoms with Crippen LogP contribution in [0.4, 0.5) is 0 Å². The maximum absolute atomic E-state index is 13.6. The number of ketones is 1. The van der Waals surface area contributed by atoms with E-state index in [1.165, 1.54) is 59.1 Å². The fourth-order valence-electron chi connectivity index (χ4n) is 6.19. The van der Waals surface area contributed by atoms with Crippen LogP contribution in [0.2, 0.25) is 0 Å². The van der Waals surface area contributed by atoms with Gasteiger partial charge in [-0.1, -0.05) is 55.4 Å². The normalized spacial score (nSPS) is 23.9. The van der Waals surface area contributed by atoms with Crippen LogP contribution < -0.4 is 0 Å². The lowest BCUT2D eigenvalue weighted by molar-refractivity contribution is 0.104. The quantitative estimate of drug-likeness (QED) is 0.380. The van der Waals surface area contributed by atoms with Crippen LogP contribution in [0, 0.1) is 0 Å². The second kappa shape index (κ2) is 5.67. The Balaban J connectivity index is 1.79. The molecule has 0 heterocycles. The third-order valence-electron chi connectivity index (χ3n) is 8.76. The highest BCUT2D eigenvalue weighted by Gasteiger charge is 2.42. The van der Waals surface area contributed by atoms with Crippen molar-refractivity contribution in [3.63, 3.8) is 0 Å². The second-order valence-corrected chi connectivity index (χ2v) is 12.8. The first-order chi connectivity index (χ1) is 13.7. The molecular weight excluding hydrogens is 364 g/mol. The predicted octanol–water partition coefficient (Wildman–Crippen LogP) is 7.60. The lowest BCUT2D eigenvalue weighted by Gasteiger charge is -2.42. The molecule has 5 rings (SSSR count). The Morgan fingerprint density at radius 3 is 0.967 bits per heavy atom. The Morgan fingerprint density at radius 2 is 0.700 bits per heavy atom. The number of carbonyl (C=O) groups excluding carboxylic acids is 1. The minimum absolute atomic E-state index is 0.123. The molecule has 30 heavy (non-hydrogen) atoms. The van der Waals surface area contributed by atoms with Gasteiger partial charge in [-0.05, 0) is 105 Å². The average Bonchev–Trinajstić information content (AvgIpc) is 2.93. The molecule has 1 nitrogen and oxygen atoms in total. The minimum atomic E-state index is 0.123. The van der Waals surface area contributed by atoms with Crippen molar-refractivity contribution in [1.29, 1.82) is 0 Å². The van der Waals surface area contributed by atoms with Gasteiger partial charge in [0.2, 0.25) is 0 Å². The van der Waals surface area contributed by atoms with Gasteiger partial charge in [-0.2, -0.15) is 0 Å². The summed E-state index contributed by atoms with van der Waals surface area (Å²) in [5.41, 5.74) is 10.4. The van der Waals surface area contributed by atoms with Gasteiger partial charge >= 0.3 is 0 Å². The van der Waals surface area contributed by atoms with Crippen molar-refractivity contribution in [2.75, 3.05) is 0 Å². The first kappa shape index (κ1) is 20.0. The lowest BCUT2D eigenvalue weighted by Crippen LogP contribution is -2.34. The summed E-state index contributed by atoms with van der Waals surface area (Å²) in [4.78, 5) is 13.6. The lowest BCUT2D eigenvalue weighted by atomic mass is 9.62. The van der Waals surface area contributed by atoms with E-state index in [4.69, 9.17) is 0 Å². The summed E-state index contributed by atoms with van der Waals surface area (Å²) in [6.45, 7) is 18.8. The molecule has 0 radical (unpaired) electrons. The molecule has 0 bridgehead atoms. The van der Waals surface area contributed by atoms with Crippen molar-refractivity contribution < 1.29 is 4.79 Å². The highest BCUT2D eigenvalue weighted by Crippen LogP contribution is 2.52. The molecule has 0 atom stereocenters. The van der Waals surface area contributed by atoms with Crippen LogP contribution in [0.1, 0.15) is 119 Å². The SMILES string of the molecule is CC1(C)CCC(C)(C)c2cc3c(cc21)C(=O)c1cc2c(cc1-3)C(C)(C)CCC2(C)C. The number of hydrogen-bond donors (Lipinski definition) is 0. The van der Waals surface area contributed by atoms with E-state index >= 15 is 0 Å². The van der Waals surface area contributed by atoms with Crippen molar-refractivity contribution in [3.05, 3.63) is 57.6 Å². The minimum Gasteiger partial charge on any atom is -0.289 e. The fraction of sp³-hybridized carbons (Fsp3) is 0.552. The first-order valence-corrected chi connectivity index (χ1v) is 11.7. The molecule has 0 aliphatic heterocycles. The summed E-state index contributed by atoms with van der Waals surface area (Å²) in [6.07, 6.45) is 4.73. The maximum Gasteiger partial charge on any atom is 0.194 e. The third kappa shape index (κ3) is 2.57. The standard InChI is InChI=1S/C29H36O/c1-26(2)9-11-28(5,6)23-15-19-17(13-21(23)26)18-14-22-24(16-20(18)25(19)30)29(7,8)12-10-27(22,3)4/h13-16H,9-12H2,1-8H3. The van der Waals surface area contributed by atoms with Gasteiger partial charge in [-0.25, -0.2) is 0 Å². The molecule has 158 valence electrons. The van der Waals surface area contributed by atoms with E-state index in [1.807, 2.05) is 0 Å². The monoisotopic (exact) mass is 400 g/mol. The number of benzene rings is 2. The molecule has 0 saturated carbocycles. The molecule has 2 aromatic rings. The smallest absolute Gasteiger partial charge is 0.194 e. The Bertz CT molecular complexity index is 1020. The predicted molar refractivity (Wildman–Crippen MR) is 126 cm³/mol. The zero-order valence-corrected chi connectivity index (χ0v) is 20.0. The highest BCUT2D eigenvalue weighted by atomic mass is 16.1. The zero-order chi connectivity index (χ0) is 21.9. The van der Waals surface area contributed by atoms with Gasteiger partial charge in [-0.3, -0.25) is 4.79 Å². The molecule has 0 unspecified atom stereocenters. The van der Waals surface area contributed by atoms with Crippen LogP contribution in [-0.4, -0.2) is 5.78 Å². The molecule has 0 amide bonds. The molecule has 0 N–H and O–H groups in total. The Kier molecular flexibility index (Phi) is 3.78. The van der Waals surface area contributed by atoms with Gasteiger partial charge in [0.25, 0.3) is 0 Å². The van der Waals surface area contributed by atoms with E-state index in [1.54, 1.807) is 0 Å². The number of fused-ring (bicyclic) bond motifs is 5. The number of carbonyl (C=O) groups is 1. The van der Waals surface area contributed by atoms with Crippen LogP contribution >= 0.6 is 0 Å². The van der Waals surface area contributed by atoms with Crippen LogP contribution in [0.15, 0.2) is 24.3 Å². The summed E-state index contributed by atoms with van der Waals surface area (Å²) in [7, 11) is 0. The summed E-state index contributed by atoms with van der Waals surface area (Å²) in [5.74, 6) is 0.226. The fourth-order valence-corrected chi connectivity index (χ4v) is 6.19. The topological polar surface area (TPSA) is 17.1 Å². The van der Waals surface area contributed by atoms with Gasteiger partial charge in [-0.15, -0.1) is 0 Å². The van der Waals surface area contributed by atoms with Gasteiger partial charge in [0.15, 0.2) is 5.78 Å². The number of hydrogen-bond acceptors (Lipinski definition) is 1. The van der Waals surface area contributed by atoms with E-state index in [9.17, 15) is 4.79 Å². The van der Waals surface area contributed by atoms with Crippen molar-refractivity contribution in [2.24, 2.45) is 0 Å². The summed E-state index contributed by atoms with van der Waals surface area (Å²) in [5, 5.41) is 0. The molecule has 2 aromatic carbocycles. The van der Waals surface area contributed by atoms with Crippen LogP contribution in [0.5, 0.6) is 0 Å². The zero-order valence-electron chi connectivity index (χ0n) is 20.0. The highest BCUT2D eigenvalue weighted by molar-refractivity contribution is 6.22. The van der Waals surface area contributed by atoms with Gasteiger partial charge in [0, 0.05) is 11.1 Å². The third-order valence-corrected chi connectivity index (χ3v) is 8.76. The van der Waals surface area contributed by atoms with E-state index < -0.39 is 0 Å². The molecule has 1 heteroatoms. The van der Waals surface area contributed by atoms with E-state index in [-0.39, 0.29) is 27.4 Å². The molecule has 0 fully saturated rings. The Labute approximate surface area is 182 Å². The van der Waals surface area contributed by atoms with Gasteiger partial charge in [0.1, 0.15) is 0 Å². The van der Waals surface area contributed by atoms with Crippen LogP contribution in [0.3, 0.4) is 0 Å². The molecule has 0 spiro atoms. The molecule has 3 aliphatic rings. The van der Waals surface area contributed by atoms with Crippen LogP contribution in [-0.2, 0) is 21.7 Å². The largest absolute Gasteiger partial charge is 0.289 e.